The van der Waals surface area contributed by atoms with Gasteiger partial charge in [-0.1, -0.05) is 29.8 Å². The molecule has 1 N–H and O–H groups in total. The second kappa shape index (κ2) is 5.92. The van der Waals surface area contributed by atoms with Gasteiger partial charge in [-0.25, -0.2) is 0 Å². The summed E-state index contributed by atoms with van der Waals surface area (Å²) in [7, 11) is 0. The van der Waals surface area contributed by atoms with E-state index in [-0.39, 0.29) is 0 Å². The molecule has 0 radical (unpaired) electrons. The molecule has 25 heavy (non-hydrogen) atoms. The van der Waals surface area contributed by atoms with E-state index in [9.17, 15) is 9.59 Å². The minimum absolute atomic E-state index is 0.369. The van der Waals surface area contributed by atoms with E-state index in [4.69, 9.17) is 9.47 Å². The molecule has 1 amide bonds. The number of ether oxygens (including phenoxy) is 2. The second-order valence-electron chi connectivity index (χ2n) is 6.63. The number of Topliss-reactive ketones (excluding diaryl/α,β-unsaturated/α-hetero) is 1. The van der Waals surface area contributed by atoms with Gasteiger partial charge in [-0.2, -0.15) is 0 Å². The Hall–Kier alpha value is -2.82. The molecule has 128 valence electrons. The number of nitrogens with one attached hydrogen (secondary N) is 1. The van der Waals surface area contributed by atoms with Crippen molar-refractivity contribution in [2.75, 3.05) is 5.32 Å². The molecule has 2 aliphatic rings. The number of carbonyl (C=O) groups is 2. The number of rotatable bonds is 3. The molecule has 1 spiro atoms. The highest BCUT2D eigenvalue weighted by Crippen LogP contribution is 2.47. The maximum atomic E-state index is 12.2. The molecule has 5 nitrogen and oxygen atoms in total. The summed E-state index contributed by atoms with van der Waals surface area (Å²) in [6.07, 6.45) is 3.91. The van der Waals surface area contributed by atoms with Crippen molar-refractivity contribution in [3.05, 3.63) is 53.6 Å². The second-order valence-corrected chi connectivity index (χ2v) is 6.63. The number of anilines is 1. The molecule has 4 rings (SSSR count). The van der Waals surface area contributed by atoms with Crippen LogP contribution < -0.4 is 14.8 Å². The Labute approximate surface area is 145 Å². The van der Waals surface area contributed by atoms with Crippen LogP contribution in [-0.2, 0) is 4.79 Å². The molecule has 5 heteroatoms. The van der Waals surface area contributed by atoms with Crippen molar-refractivity contribution in [1.29, 1.82) is 0 Å². The van der Waals surface area contributed by atoms with Gasteiger partial charge < -0.3 is 14.8 Å². The summed E-state index contributed by atoms with van der Waals surface area (Å²) in [6, 6.07) is 12.1. The zero-order valence-corrected chi connectivity index (χ0v) is 14.0. The first-order valence-electron chi connectivity index (χ1n) is 8.49. The SMILES string of the molecule is Cc1ccc(C(=O)C(=O)Nc2ccc3c(c2)OC2(CCCC2)O3)cc1. The van der Waals surface area contributed by atoms with Crippen molar-refractivity contribution in [2.24, 2.45) is 0 Å². The summed E-state index contributed by atoms with van der Waals surface area (Å²) in [5.74, 6) is -0.474. The van der Waals surface area contributed by atoms with Crippen LogP contribution in [0, 0.1) is 6.92 Å². The van der Waals surface area contributed by atoms with Crippen LogP contribution in [0.1, 0.15) is 41.6 Å². The van der Waals surface area contributed by atoms with Crippen LogP contribution in [0.3, 0.4) is 0 Å². The highest BCUT2D eigenvalue weighted by atomic mass is 16.7. The van der Waals surface area contributed by atoms with Crippen molar-refractivity contribution in [2.45, 2.75) is 38.4 Å². The van der Waals surface area contributed by atoms with E-state index >= 15 is 0 Å². The van der Waals surface area contributed by atoms with Gasteiger partial charge in [0.15, 0.2) is 11.5 Å². The Morgan fingerprint density at radius 1 is 0.960 bits per heavy atom. The van der Waals surface area contributed by atoms with Crippen LogP contribution >= 0.6 is 0 Å². The van der Waals surface area contributed by atoms with Gasteiger partial charge in [-0.3, -0.25) is 9.59 Å². The molecule has 1 heterocycles. The van der Waals surface area contributed by atoms with E-state index in [1.54, 1.807) is 30.3 Å². The molecule has 0 saturated heterocycles. The van der Waals surface area contributed by atoms with E-state index in [0.717, 1.165) is 31.2 Å². The van der Waals surface area contributed by atoms with Crippen LogP contribution in [-0.4, -0.2) is 17.5 Å². The van der Waals surface area contributed by atoms with E-state index < -0.39 is 17.5 Å². The Morgan fingerprint density at radius 3 is 2.36 bits per heavy atom. The normalized spacial score (nSPS) is 16.8. The lowest BCUT2D eigenvalue weighted by Gasteiger charge is -2.21. The van der Waals surface area contributed by atoms with Gasteiger partial charge >= 0.3 is 0 Å². The van der Waals surface area contributed by atoms with Crippen molar-refractivity contribution in [3.63, 3.8) is 0 Å². The molecule has 2 aromatic rings. The van der Waals surface area contributed by atoms with Crippen molar-refractivity contribution in [1.82, 2.24) is 0 Å². The molecule has 2 aromatic carbocycles. The molecule has 0 aromatic heterocycles. The number of aryl methyl sites for hydroxylation is 1. The molecule has 0 unspecified atom stereocenters. The summed E-state index contributed by atoms with van der Waals surface area (Å²) >= 11 is 0. The quantitative estimate of drug-likeness (QED) is 0.682. The molecular weight excluding hydrogens is 318 g/mol. The average Bonchev–Trinajstić information content (AvgIpc) is 3.20. The predicted molar refractivity (Wildman–Crippen MR) is 93.0 cm³/mol. The number of amides is 1. The van der Waals surface area contributed by atoms with Gasteiger partial charge in [-0.05, 0) is 31.9 Å². The van der Waals surface area contributed by atoms with E-state index in [1.165, 1.54) is 0 Å². The number of ketones is 1. The number of benzene rings is 2. The fourth-order valence-corrected chi connectivity index (χ4v) is 3.31. The van der Waals surface area contributed by atoms with Gasteiger partial charge in [0.1, 0.15) is 0 Å². The number of hydrogen-bond donors (Lipinski definition) is 1. The van der Waals surface area contributed by atoms with Gasteiger partial charge in [0, 0.05) is 30.2 Å². The lowest BCUT2D eigenvalue weighted by Crippen LogP contribution is -2.34. The third kappa shape index (κ3) is 2.97. The van der Waals surface area contributed by atoms with Crippen LogP contribution in [0.25, 0.3) is 0 Å². The zero-order valence-electron chi connectivity index (χ0n) is 14.0. The molecule has 0 atom stereocenters. The minimum atomic E-state index is -0.668. The highest BCUT2D eigenvalue weighted by molar-refractivity contribution is 6.46. The third-order valence-electron chi connectivity index (χ3n) is 4.68. The monoisotopic (exact) mass is 337 g/mol. The summed E-state index contributed by atoms with van der Waals surface area (Å²) in [5.41, 5.74) is 1.92. The predicted octanol–water partition coefficient (Wildman–Crippen LogP) is 3.86. The smallest absolute Gasteiger partial charge is 0.296 e. The van der Waals surface area contributed by atoms with Crippen molar-refractivity contribution >= 4 is 17.4 Å². The van der Waals surface area contributed by atoms with Crippen LogP contribution in [0.15, 0.2) is 42.5 Å². The maximum absolute atomic E-state index is 12.2. The fraction of sp³-hybridized carbons (Fsp3) is 0.300. The summed E-state index contributed by atoms with van der Waals surface area (Å²) in [4.78, 5) is 24.4. The largest absolute Gasteiger partial charge is 0.448 e. The van der Waals surface area contributed by atoms with Crippen LogP contribution in [0.4, 0.5) is 5.69 Å². The van der Waals surface area contributed by atoms with E-state index in [2.05, 4.69) is 5.32 Å². The van der Waals surface area contributed by atoms with Gasteiger partial charge in [-0.15, -0.1) is 0 Å². The molecule has 1 fully saturated rings. The van der Waals surface area contributed by atoms with Gasteiger partial charge in [0.25, 0.3) is 17.5 Å². The van der Waals surface area contributed by atoms with Crippen molar-refractivity contribution in [3.8, 4) is 11.5 Å². The summed E-state index contributed by atoms with van der Waals surface area (Å²) in [6.45, 7) is 1.93. The highest BCUT2D eigenvalue weighted by Gasteiger charge is 2.44. The number of carbonyl (C=O) groups excluding carboxylic acids is 2. The maximum Gasteiger partial charge on any atom is 0.296 e. The van der Waals surface area contributed by atoms with E-state index in [1.807, 2.05) is 19.1 Å². The lowest BCUT2D eigenvalue weighted by atomic mass is 10.1. The molecule has 1 aliphatic heterocycles. The Morgan fingerprint density at radius 2 is 1.64 bits per heavy atom. The molecule has 1 saturated carbocycles. The standard InChI is InChI=1S/C20H19NO4/c1-13-4-6-14(7-5-13)18(22)19(23)21-15-8-9-16-17(12-15)25-20(24-16)10-2-3-11-20/h4-9,12H,2-3,10-11H2,1H3,(H,21,23). The fourth-order valence-electron chi connectivity index (χ4n) is 3.31. The third-order valence-corrected chi connectivity index (χ3v) is 4.68. The lowest BCUT2D eigenvalue weighted by molar-refractivity contribution is -0.112. The summed E-state index contributed by atoms with van der Waals surface area (Å²) in [5, 5.41) is 2.64. The Bertz CT molecular complexity index is 835. The van der Waals surface area contributed by atoms with Crippen molar-refractivity contribution < 1.29 is 19.1 Å². The molecule has 1 aliphatic carbocycles. The number of hydrogen-bond acceptors (Lipinski definition) is 4. The Kier molecular flexibility index (Phi) is 3.71. The first-order valence-corrected chi connectivity index (χ1v) is 8.49. The minimum Gasteiger partial charge on any atom is -0.448 e. The van der Waals surface area contributed by atoms with Crippen LogP contribution in [0.2, 0.25) is 0 Å². The average molecular weight is 337 g/mol. The first-order chi connectivity index (χ1) is 12.0. The molecule has 0 bridgehead atoms. The van der Waals surface area contributed by atoms with E-state index in [0.29, 0.717) is 22.7 Å². The number of fused-ring (bicyclic) bond motifs is 1. The van der Waals surface area contributed by atoms with Gasteiger partial charge in [0.05, 0.1) is 0 Å². The summed E-state index contributed by atoms with van der Waals surface area (Å²) < 4.78 is 11.9. The zero-order chi connectivity index (χ0) is 17.4. The Balaban J connectivity index is 1.48. The van der Waals surface area contributed by atoms with Gasteiger partial charge in [0.2, 0.25) is 0 Å². The van der Waals surface area contributed by atoms with Crippen LogP contribution in [0.5, 0.6) is 11.5 Å². The topological polar surface area (TPSA) is 64.6 Å². The molecular formula is C20H19NO4. The first kappa shape index (κ1) is 15.7.